The summed E-state index contributed by atoms with van der Waals surface area (Å²) >= 11 is 1.66. The Bertz CT molecular complexity index is 408. The van der Waals surface area contributed by atoms with Crippen LogP contribution in [-0.4, -0.2) is 12.3 Å². The fourth-order valence-corrected chi connectivity index (χ4v) is 3.92. The summed E-state index contributed by atoms with van der Waals surface area (Å²) in [6.45, 7) is 3.30. The fourth-order valence-electron chi connectivity index (χ4n) is 2.78. The number of thioether (sulfide) groups is 1. The van der Waals surface area contributed by atoms with Crippen LogP contribution in [0.3, 0.4) is 0 Å². The average molecular weight is 295 g/mol. The number of nitrogens with one attached hydrogen (secondary N) is 1. The lowest BCUT2D eigenvalue weighted by molar-refractivity contribution is 0.478. The van der Waals surface area contributed by atoms with Gasteiger partial charge in [-0.1, -0.05) is 51.2 Å². The first-order valence-electron chi connectivity index (χ1n) is 7.97. The Kier molecular flexibility index (Phi) is 6.88. The van der Waals surface area contributed by atoms with E-state index in [2.05, 4.69) is 18.3 Å². The Balaban J connectivity index is 1.74. The summed E-state index contributed by atoms with van der Waals surface area (Å²) in [6.07, 6.45) is 9.03. The Hall–Kier alpha value is -0.540. The van der Waals surface area contributed by atoms with Gasteiger partial charge in [0.05, 0.1) is 0 Å². The summed E-state index contributed by atoms with van der Waals surface area (Å²) in [4.78, 5) is 0.860. The molecule has 1 aromatic carbocycles. The molecule has 0 fully saturated rings. The van der Waals surface area contributed by atoms with Crippen LogP contribution in [0.25, 0.3) is 0 Å². The average Bonchev–Trinajstić information content (AvgIpc) is 2.47. The summed E-state index contributed by atoms with van der Waals surface area (Å²) in [5.41, 5.74) is 1.16. The SMILES string of the molecule is CCCCCCCCNC1CCSc2c(F)cccc21. The number of rotatable bonds is 8. The molecule has 20 heavy (non-hydrogen) atoms. The number of unbranched alkanes of at least 4 members (excludes halogenated alkanes) is 5. The third-order valence-electron chi connectivity index (χ3n) is 3.95. The van der Waals surface area contributed by atoms with Crippen LogP contribution in [-0.2, 0) is 0 Å². The van der Waals surface area contributed by atoms with Gasteiger partial charge in [0.25, 0.3) is 0 Å². The predicted molar refractivity (Wildman–Crippen MR) is 85.9 cm³/mol. The normalized spacial score (nSPS) is 18.0. The standard InChI is InChI=1S/C17H26FNS/c1-2-3-4-5-6-7-12-19-16-11-13-20-17-14(16)9-8-10-15(17)18/h8-10,16,19H,2-7,11-13H2,1H3. The molecule has 0 saturated carbocycles. The minimum absolute atomic E-state index is 0.0569. The minimum Gasteiger partial charge on any atom is -0.310 e. The Morgan fingerprint density at radius 1 is 1.20 bits per heavy atom. The summed E-state index contributed by atoms with van der Waals surface area (Å²) in [7, 11) is 0. The molecular formula is C17H26FNS. The molecule has 1 aliphatic heterocycles. The quantitative estimate of drug-likeness (QED) is 0.652. The van der Waals surface area contributed by atoms with Gasteiger partial charge in [-0.05, 0) is 36.8 Å². The third kappa shape index (κ3) is 4.49. The van der Waals surface area contributed by atoms with Gasteiger partial charge in [-0.2, -0.15) is 0 Å². The summed E-state index contributed by atoms with van der Waals surface area (Å²) in [6, 6.07) is 5.82. The van der Waals surface area contributed by atoms with Crippen LogP contribution in [0.4, 0.5) is 4.39 Å². The van der Waals surface area contributed by atoms with Crippen LogP contribution in [0.5, 0.6) is 0 Å². The molecule has 0 radical (unpaired) electrons. The maximum Gasteiger partial charge on any atom is 0.137 e. The minimum atomic E-state index is -0.0569. The molecule has 1 heterocycles. The Morgan fingerprint density at radius 2 is 2.00 bits per heavy atom. The smallest absolute Gasteiger partial charge is 0.137 e. The maximum atomic E-state index is 13.8. The zero-order chi connectivity index (χ0) is 14.2. The van der Waals surface area contributed by atoms with E-state index < -0.39 is 0 Å². The lowest BCUT2D eigenvalue weighted by atomic mass is 10.0. The zero-order valence-electron chi connectivity index (χ0n) is 12.5. The highest BCUT2D eigenvalue weighted by atomic mass is 32.2. The second-order valence-corrected chi connectivity index (χ2v) is 6.67. The van der Waals surface area contributed by atoms with Crippen LogP contribution in [0.15, 0.2) is 23.1 Å². The summed E-state index contributed by atoms with van der Waals surface area (Å²) < 4.78 is 13.8. The molecule has 2 rings (SSSR count). The van der Waals surface area contributed by atoms with Gasteiger partial charge in [-0.15, -0.1) is 11.8 Å². The van der Waals surface area contributed by atoms with Crippen LogP contribution < -0.4 is 5.32 Å². The monoisotopic (exact) mass is 295 g/mol. The molecule has 0 aromatic heterocycles. The highest BCUT2D eigenvalue weighted by Gasteiger charge is 2.22. The number of hydrogen-bond donors (Lipinski definition) is 1. The predicted octanol–water partition coefficient (Wildman–Crippen LogP) is 5.31. The first-order chi connectivity index (χ1) is 9.83. The highest BCUT2D eigenvalue weighted by Crippen LogP contribution is 2.37. The molecule has 0 bridgehead atoms. The molecule has 0 spiro atoms. The molecule has 3 heteroatoms. The first-order valence-corrected chi connectivity index (χ1v) is 8.96. The van der Waals surface area contributed by atoms with Crippen LogP contribution >= 0.6 is 11.8 Å². The van der Waals surface area contributed by atoms with E-state index in [0.717, 1.165) is 29.2 Å². The molecule has 1 nitrogen and oxygen atoms in total. The van der Waals surface area contributed by atoms with Gasteiger partial charge in [0, 0.05) is 10.9 Å². The molecule has 1 unspecified atom stereocenters. The zero-order valence-corrected chi connectivity index (χ0v) is 13.3. The molecule has 0 saturated heterocycles. The van der Waals surface area contributed by atoms with Gasteiger partial charge >= 0.3 is 0 Å². The van der Waals surface area contributed by atoms with Crippen molar-refractivity contribution in [1.82, 2.24) is 5.32 Å². The summed E-state index contributed by atoms with van der Waals surface area (Å²) in [5, 5.41) is 3.62. The summed E-state index contributed by atoms with van der Waals surface area (Å²) in [5.74, 6) is 0.959. The maximum absolute atomic E-state index is 13.8. The second-order valence-electron chi connectivity index (χ2n) is 5.57. The van der Waals surface area contributed by atoms with E-state index in [1.54, 1.807) is 17.8 Å². The molecule has 1 aliphatic rings. The molecular weight excluding hydrogens is 269 g/mol. The van der Waals surface area contributed by atoms with E-state index in [1.165, 1.54) is 38.5 Å². The van der Waals surface area contributed by atoms with Crippen LogP contribution in [0, 0.1) is 5.82 Å². The fraction of sp³-hybridized carbons (Fsp3) is 0.647. The Labute approximate surface area is 126 Å². The van der Waals surface area contributed by atoms with Crippen molar-refractivity contribution in [2.75, 3.05) is 12.3 Å². The largest absolute Gasteiger partial charge is 0.310 e. The van der Waals surface area contributed by atoms with Gasteiger partial charge in [0.15, 0.2) is 0 Å². The van der Waals surface area contributed by atoms with Crippen LogP contribution in [0.2, 0.25) is 0 Å². The first kappa shape index (κ1) is 15.8. The van der Waals surface area contributed by atoms with E-state index >= 15 is 0 Å². The van der Waals surface area contributed by atoms with Crippen molar-refractivity contribution in [2.45, 2.75) is 62.8 Å². The molecule has 1 atom stereocenters. The molecule has 112 valence electrons. The van der Waals surface area contributed by atoms with Gasteiger partial charge in [-0.25, -0.2) is 4.39 Å². The van der Waals surface area contributed by atoms with Gasteiger partial charge < -0.3 is 5.32 Å². The molecule has 0 aliphatic carbocycles. The highest BCUT2D eigenvalue weighted by molar-refractivity contribution is 7.99. The third-order valence-corrected chi connectivity index (χ3v) is 5.11. The van der Waals surface area contributed by atoms with E-state index in [9.17, 15) is 4.39 Å². The van der Waals surface area contributed by atoms with Crippen molar-refractivity contribution in [3.63, 3.8) is 0 Å². The van der Waals surface area contributed by atoms with Crippen molar-refractivity contribution < 1.29 is 4.39 Å². The van der Waals surface area contributed by atoms with Gasteiger partial charge in [0.1, 0.15) is 5.82 Å². The van der Waals surface area contributed by atoms with Crippen molar-refractivity contribution in [2.24, 2.45) is 0 Å². The van der Waals surface area contributed by atoms with Gasteiger partial charge in [0.2, 0.25) is 0 Å². The number of benzene rings is 1. The van der Waals surface area contributed by atoms with Crippen LogP contribution in [0.1, 0.15) is 63.5 Å². The van der Waals surface area contributed by atoms with Gasteiger partial charge in [-0.3, -0.25) is 0 Å². The number of hydrogen-bond acceptors (Lipinski definition) is 2. The van der Waals surface area contributed by atoms with Crippen molar-refractivity contribution >= 4 is 11.8 Å². The molecule has 1 N–H and O–H groups in total. The molecule has 1 aromatic rings. The van der Waals surface area contributed by atoms with Crippen molar-refractivity contribution in [3.8, 4) is 0 Å². The van der Waals surface area contributed by atoms with E-state index in [0.29, 0.717) is 6.04 Å². The van der Waals surface area contributed by atoms with E-state index in [4.69, 9.17) is 0 Å². The second kappa shape index (κ2) is 8.68. The topological polar surface area (TPSA) is 12.0 Å². The number of fused-ring (bicyclic) bond motifs is 1. The number of halogens is 1. The molecule has 0 amide bonds. The van der Waals surface area contributed by atoms with Crippen molar-refractivity contribution in [3.05, 3.63) is 29.6 Å². The van der Waals surface area contributed by atoms with E-state index in [-0.39, 0.29) is 5.82 Å². The lowest BCUT2D eigenvalue weighted by Gasteiger charge is -2.26. The lowest BCUT2D eigenvalue weighted by Crippen LogP contribution is -2.25. The Morgan fingerprint density at radius 3 is 2.85 bits per heavy atom. The van der Waals surface area contributed by atoms with Crippen molar-refractivity contribution in [1.29, 1.82) is 0 Å². The van der Waals surface area contributed by atoms with E-state index in [1.807, 2.05) is 6.07 Å².